The predicted octanol–water partition coefficient (Wildman–Crippen LogP) is 5.98. The molecule has 0 aromatic heterocycles. The van der Waals surface area contributed by atoms with Crippen LogP contribution >= 0.6 is 11.8 Å². The van der Waals surface area contributed by atoms with Crippen LogP contribution in [0, 0.1) is 11.8 Å². The summed E-state index contributed by atoms with van der Waals surface area (Å²) >= 11 is 1.97. The summed E-state index contributed by atoms with van der Waals surface area (Å²) in [4.78, 5) is 4.85. The van der Waals surface area contributed by atoms with Gasteiger partial charge in [0.2, 0.25) is 0 Å². The van der Waals surface area contributed by atoms with E-state index < -0.39 is 0 Å². The maximum Gasteiger partial charge on any atom is 0.0783 e. The van der Waals surface area contributed by atoms with Gasteiger partial charge in [-0.1, -0.05) is 49.5 Å². The van der Waals surface area contributed by atoms with Crippen molar-refractivity contribution in [3.05, 3.63) is 49.1 Å². The molecule has 1 saturated carbocycles. The number of allylic oxidation sites excluding steroid dienone is 5. The molecular formula is C22H33NOS. The number of thioether (sulfide) groups is 1. The van der Waals surface area contributed by atoms with Crippen molar-refractivity contribution in [3.8, 4) is 0 Å². The number of rotatable bonds is 12. The monoisotopic (exact) mass is 359 g/mol. The van der Waals surface area contributed by atoms with Crippen LogP contribution in [-0.2, 0) is 4.74 Å². The zero-order valence-corrected chi connectivity index (χ0v) is 16.6. The van der Waals surface area contributed by atoms with Crippen LogP contribution in [0.1, 0.15) is 45.4 Å². The van der Waals surface area contributed by atoms with Gasteiger partial charge in [-0.2, -0.15) is 0 Å². The topological polar surface area (TPSA) is 21.6 Å². The van der Waals surface area contributed by atoms with Gasteiger partial charge in [-0.05, 0) is 44.4 Å². The Morgan fingerprint density at radius 2 is 1.96 bits per heavy atom. The minimum atomic E-state index is 0.302. The van der Waals surface area contributed by atoms with Crippen LogP contribution in [0.3, 0.4) is 0 Å². The summed E-state index contributed by atoms with van der Waals surface area (Å²) in [5, 5.41) is 1.41. The van der Waals surface area contributed by atoms with Gasteiger partial charge >= 0.3 is 0 Å². The molecule has 0 saturated heterocycles. The van der Waals surface area contributed by atoms with Crippen molar-refractivity contribution in [1.82, 2.24) is 0 Å². The molecule has 0 aromatic carbocycles. The van der Waals surface area contributed by atoms with Crippen LogP contribution < -0.4 is 0 Å². The molecule has 1 aliphatic heterocycles. The molecule has 2 aliphatic rings. The molecular weight excluding hydrogens is 326 g/mol. The Hall–Kier alpha value is -1.06. The molecule has 138 valence electrons. The lowest BCUT2D eigenvalue weighted by molar-refractivity contribution is 0.0987. The van der Waals surface area contributed by atoms with E-state index in [2.05, 4.69) is 50.0 Å². The number of methoxy groups -OCH3 is 1. The Kier molecular flexibility index (Phi) is 9.35. The van der Waals surface area contributed by atoms with E-state index >= 15 is 0 Å². The molecule has 1 unspecified atom stereocenters. The van der Waals surface area contributed by atoms with Crippen molar-refractivity contribution in [1.29, 1.82) is 0 Å². The van der Waals surface area contributed by atoms with Crippen molar-refractivity contribution in [2.75, 3.05) is 12.9 Å². The fourth-order valence-corrected chi connectivity index (χ4v) is 4.25. The summed E-state index contributed by atoms with van der Waals surface area (Å²) in [6, 6.07) is 0.418. The average Bonchev–Trinajstić information content (AvgIpc) is 3.16. The smallest absolute Gasteiger partial charge is 0.0783 e. The highest BCUT2D eigenvalue weighted by atomic mass is 32.2. The molecule has 0 radical (unpaired) electrons. The SMILES string of the molecule is C=CC[C@@H](CC/C=C/C=C/CC/C=C\C1CSC([C@@H]2C[C@@H]2C)=N1)OC. The van der Waals surface area contributed by atoms with Gasteiger partial charge in [0.1, 0.15) is 0 Å². The van der Waals surface area contributed by atoms with Gasteiger partial charge in [-0.3, -0.25) is 4.99 Å². The van der Waals surface area contributed by atoms with E-state index in [0.717, 1.165) is 49.7 Å². The molecule has 0 amide bonds. The third-order valence-corrected chi connectivity index (χ3v) is 5.99. The normalized spacial score (nSPS) is 27.4. The summed E-state index contributed by atoms with van der Waals surface area (Å²) in [5.74, 6) is 2.80. The second-order valence-corrected chi connectivity index (χ2v) is 8.03. The molecule has 0 aromatic rings. The van der Waals surface area contributed by atoms with Crippen molar-refractivity contribution < 1.29 is 4.74 Å². The lowest BCUT2D eigenvalue weighted by atomic mass is 10.1. The fourth-order valence-electron chi connectivity index (χ4n) is 2.97. The Balaban J connectivity index is 1.52. The average molecular weight is 360 g/mol. The molecule has 1 fully saturated rings. The predicted molar refractivity (Wildman–Crippen MR) is 112 cm³/mol. The van der Waals surface area contributed by atoms with Crippen molar-refractivity contribution in [2.45, 2.75) is 57.6 Å². The summed E-state index contributed by atoms with van der Waals surface area (Å²) in [6.45, 7) is 6.09. The van der Waals surface area contributed by atoms with Gasteiger partial charge < -0.3 is 4.74 Å². The van der Waals surface area contributed by atoms with Gasteiger partial charge in [0.15, 0.2) is 0 Å². The van der Waals surface area contributed by atoms with E-state index in [1.807, 2.05) is 17.8 Å². The minimum absolute atomic E-state index is 0.302. The van der Waals surface area contributed by atoms with Gasteiger partial charge in [-0.25, -0.2) is 0 Å². The van der Waals surface area contributed by atoms with E-state index in [9.17, 15) is 0 Å². The standard InChI is InChI=1S/C22H33NOS/c1-4-13-20(24-3)15-12-10-8-6-5-7-9-11-14-19-17-25-22(23-19)21-16-18(21)2/h4-6,8,10-11,14,18-21H,1,7,9,12-13,15-17H2,2-3H3/b6-5+,10-8+,14-11-/t18-,19?,20-,21+/m0/s1. The molecule has 1 aliphatic carbocycles. The van der Waals surface area contributed by atoms with Gasteiger partial charge in [0.05, 0.1) is 17.2 Å². The number of nitrogens with zero attached hydrogens (tertiary/aromatic N) is 1. The van der Waals surface area contributed by atoms with Crippen molar-refractivity contribution >= 4 is 16.8 Å². The number of hydrogen-bond donors (Lipinski definition) is 0. The second-order valence-electron chi connectivity index (χ2n) is 6.99. The highest BCUT2D eigenvalue weighted by molar-refractivity contribution is 8.14. The van der Waals surface area contributed by atoms with E-state index in [4.69, 9.17) is 9.73 Å². The number of ether oxygens (including phenoxy) is 1. The Morgan fingerprint density at radius 1 is 1.24 bits per heavy atom. The third-order valence-electron chi connectivity index (χ3n) is 4.78. The highest BCUT2D eigenvalue weighted by Gasteiger charge is 2.39. The molecule has 0 spiro atoms. The molecule has 2 rings (SSSR count). The first-order valence-electron chi connectivity index (χ1n) is 9.57. The summed E-state index contributed by atoms with van der Waals surface area (Å²) < 4.78 is 5.39. The van der Waals surface area contributed by atoms with Crippen molar-refractivity contribution in [2.24, 2.45) is 16.8 Å². The van der Waals surface area contributed by atoms with E-state index in [1.165, 1.54) is 11.5 Å². The largest absolute Gasteiger partial charge is 0.381 e. The maximum atomic E-state index is 5.39. The quantitative estimate of drug-likeness (QED) is 0.243. The van der Waals surface area contributed by atoms with Crippen molar-refractivity contribution in [3.63, 3.8) is 0 Å². The van der Waals surface area contributed by atoms with E-state index in [0.29, 0.717) is 12.1 Å². The molecule has 2 nitrogen and oxygen atoms in total. The number of hydrogen-bond acceptors (Lipinski definition) is 3. The molecule has 3 heteroatoms. The summed E-state index contributed by atoms with van der Waals surface area (Å²) in [6.07, 6.45) is 22.1. The zero-order chi connectivity index (χ0) is 17.9. The van der Waals surface area contributed by atoms with Gasteiger partial charge in [0, 0.05) is 18.8 Å². The van der Waals surface area contributed by atoms with E-state index in [-0.39, 0.29) is 0 Å². The fraction of sp³-hybridized carbons (Fsp3) is 0.591. The molecule has 0 N–H and O–H groups in total. The van der Waals surface area contributed by atoms with Crippen LogP contribution in [-0.4, -0.2) is 30.1 Å². The number of aliphatic imine (C=N–C) groups is 1. The first kappa shape index (κ1) is 20.3. The lowest BCUT2D eigenvalue weighted by Crippen LogP contribution is -2.08. The summed E-state index contributed by atoms with van der Waals surface area (Å²) in [7, 11) is 1.77. The lowest BCUT2D eigenvalue weighted by Gasteiger charge is -2.10. The van der Waals surface area contributed by atoms with Gasteiger partial charge in [0.25, 0.3) is 0 Å². The first-order chi connectivity index (χ1) is 12.2. The Bertz CT molecular complexity index is 520. The minimum Gasteiger partial charge on any atom is -0.381 e. The first-order valence-corrected chi connectivity index (χ1v) is 10.6. The Labute approximate surface area is 158 Å². The molecule has 0 bridgehead atoms. The molecule has 4 atom stereocenters. The summed E-state index contributed by atoms with van der Waals surface area (Å²) in [5.41, 5.74) is 0. The molecule has 25 heavy (non-hydrogen) atoms. The van der Waals surface area contributed by atoms with Crippen LogP contribution in [0.15, 0.2) is 54.1 Å². The Morgan fingerprint density at radius 3 is 2.64 bits per heavy atom. The second kappa shape index (κ2) is 11.5. The van der Waals surface area contributed by atoms with Crippen LogP contribution in [0.2, 0.25) is 0 Å². The third kappa shape index (κ3) is 7.79. The maximum absolute atomic E-state index is 5.39. The highest BCUT2D eigenvalue weighted by Crippen LogP contribution is 2.44. The van der Waals surface area contributed by atoms with Gasteiger partial charge in [-0.15, -0.1) is 18.3 Å². The number of unbranched alkanes of at least 4 members (excludes halogenated alkanes) is 1. The van der Waals surface area contributed by atoms with E-state index in [1.54, 1.807) is 7.11 Å². The zero-order valence-electron chi connectivity index (χ0n) is 15.8. The van der Waals surface area contributed by atoms with Crippen LogP contribution in [0.4, 0.5) is 0 Å². The van der Waals surface area contributed by atoms with Crippen LogP contribution in [0.25, 0.3) is 0 Å². The molecule has 1 heterocycles. The van der Waals surface area contributed by atoms with Crippen LogP contribution in [0.5, 0.6) is 0 Å².